The second-order valence-corrected chi connectivity index (χ2v) is 3.63. The summed E-state index contributed by atoms with van der Waals surface area (Å²) in [5.74, 6) is 1.04. The Kier molecular flexibility index (Phi) is 1.10. The van der Waals surface area contributed by atoms with E-state index in [4.69, 9.17) is 0 Å². The highest BCUT2D eigenvalue weighted by Crippen LogP contribution is 2.40. The van der Waals surface area contributed by atoms with Crippen molar-refractivity contribution in [1.29, 1.82) is 0 Å². The van der Waals surface area contributed by atoms with Crippen LogP contribution >= 0.6 is 0 Å². The molecular formula is C8H15N. The van der Waals surface area contributed by atoms with Crippen molar-refractivity contribution >= 4 is 0 Å². The largest absolute Gasteiger partial charge is 0.300 e. The molecule has 2 bridgehead atoms. The first-order chi connectivity index (χ1) is 4.29. The fraction of sp³-hybridized carbons (Fsp3) is 1.00. The lowest BCUT2D eigenvalue weighted by Gasteiger charge is -2.28. The van der Waals surface area contributed by atoms with Crippen LogP contribution in [-0.2, 0) is 0 Å². The summed E-state index contributed by atoms with van der Waals surface area (Å²) < 4.78 is 0. The number of hydrogen-bond acceptors (Lipinski definition) is 1. The van der Waals surface area contributed by atoms with Gasteiger partial charge in [0.25, 0.3) is 0 Å². The molecule has 9 heavy (non-hydrogen) atoms. The summed E-state index contributed by atoms with van der Waals surface area (Å²) in [6, 6.07) is 1.83. The Morgan fingerprint density at radius 3 is 2.44 bits per heavy atom. The fourth-order valence-electron chi connectivity index (χ4n) is 2.46. The zero-order valence-electron chi connectivity index (χ0n) is 6.30. The second-order valence-electron chi connectivity index (χ2n) is 3.63. The van der Waals surface area contributed by atoms with Gasteiger partial charge in [0, 0.05) is 12.1 Å². The number of fused-ring (bicyclic) bond motifs is 2. The van der Waals surface area contributed by atoms with Gasteiger partial charge in [-0.2, -0.15) is 0 Å². The molecule has 1 heteroatoms. The van der Waals surface area contributed by atoms with E-state index in [0.717, 1.165) is 18.0 Å². The van der Waals surface area contributed by atoms with Crippen LogP contribution in [-0.4, -0.2) is 24.0 Å². The average Bonchev–Trinajstić information content (AvgIpc) is 2.37. The van der Waals surface area contributed by atoms with E-state index in [0.29, 0.717) is 0 Å². The SMILES string of the molecule is C[C@@H]1[C@@H]2CC[C@@H](C2)N1C. The van der Waals surface area contributed by atoms with Crippen molar-refractivity contribution in [3.05, 3.63) is 0 Å². The summed E-state index contributed by atoms with van der Waals surface area (Å²) in [4.78, 5) is 2.55. The minimum absolute atomic E-state index is 0.878. The van der Waals surface area contributed by atoms with Crippen molar-refractivity contribution in [1.82, 2.24) is 4.90 Å². The third-order valence-corrected chi connectivity index (χ3v) is 3.35. The summed E-state index contributed by atoms with van der Waals surface area (Å²) in [7, 11) is 2.27. The molecule has 1 nitrogen and oxygen atoms in total. The van der Waals surface area contributed by atoms with Gasteiger partial charge in [-0.25, -0.2) is 0 Å². The van der Waals surface area contributed by atoms with Gasteiger partial charge in [0.15, 0.2) is 0 Å². The van der Waals surface area contributed by atoms with E-state index in [1.165, 1.54) is 19.3 Å². The molecule has 1 heterocycles. The lowest BCUT2D eigenvalue weighted by atomic mass is 10.0. The number of likely N-dealkylation sites (tertiary alicyclic amines) is 1. The summed E-state index contributed by atoms with van der Waals surface area (Å²) >= 11 is 0. The maximum atomic E-state index is 2.55. The number of piperidine rings is 1. The minimum Gasteiger partial charge on any atom is -0.300 e. The van der Waals surface area contributed by atoms with Crippen molar-refractivity contribution in [3.8, 4) is 0 Å². The standard InChI is InChI=1S/C8H15N/c1-6-7-3-4-8(5-7)9(6)2/h6-8H,3-5H2,1-2H3/t6-,7-,8+/m1/s1. The maximum absolute atomic E-state index is 2.55. The van der Waals surface area contributed by atoms with Crippen LogP contribution < -0.4 is 0 Å². The zero-order chi connectivity index (χ0) is 6.43. The Morgan fingerprint density at radius 1 is 1.33 bits per heavy atom. The Hall–Kier alpha value is -0.0400. The Labute approximate surface area is 57.0 Å². The number of rotatable bonds is 0. The molecule has 0 aromatic rings. The lowest BCUT2D eigenvalue weighted by Crippen LogP contribution is -2.35. The molecule has 1 aliphatic carbocycles. The van der Waals surface area contributed by atoms with Crippen molar-refractivity contribution in [2.24, 2.45) is 5.92 Å². The van der Waals surface area contributed by atoms with Crippen LogP contribution in [0.25, 0.3) is 0 Å². The van der Waals surface area contributed by atoms with Crippen molar-refractivity contribution < 1.29 is 0 Å². The molecule has 2 aliphatic rings. The van der Waals surface area contributed by atoms with Crippen molar-refractivity contribution in [2.75, 3.05) is 7.05 Å². The van der Waals surface area contributed by atoms with Crippen LogP contribution in [0, 0.1) is 5.92 Å². The highest BCUT2D eigenvalue weighted by molar-refractivity contribution is 4.95. The molecular weight excluding hydrogens is 110 g/mol. The Bertz CT molecular complexity index is 104. The molecule has 2 rings (SSSR count). The van der Waals surface area contributed by atoms with Gasteiger partial charge in [0.1, 0.15) is 0 Å². The predicted molar refractivity (Wildman–Crippen MR) is 38.4 cm³/mol. The summed E-state index contributed by atoms with van der Waals surface area (Å²) in [5.41, 5.74) is 0. The monoisotopic (exact) mass is 125 g/mol. The topological polar surface area (TPSA) is 3.24 Å². The van der Waals surface area contributed by atoms with Crippen LogP contribution in [0.2, 0.25) is 0 Å². The normalized spacial score (nSPS) is 50.7. The van der Waals surface area contributed by atoms with Crippen LogP contribution in [0.15, 0.2) is 0 Å². The van der Waals surface area contributed by atoms with E-state index in [9.17, 15) is 0 Å². The van der Waals surface area contributed by atoms with Gasteiger partial charge in [-0.15, -0.1) is 0 Å². The van der Waals surface area contributed by atoms with Crippen molar-refractivity contribution in [2.45, 2.75) is 38.3 Å². The highest BCUT2D eigenvalue weighted by Gasteiger charge is 2.40. The Balaban J connectivity index is 2.15. The smallest absolute Gasteiger partial charge is 0.00984 e. The fourth-order valence-corrected chi connectivity index (χ4v) is 2.46. The van der Waals surface area contributed by atoms with E-state index < -0.39 is 0 Å². The van der Waals surface area contributed by atoms with Crippen LogP contribution in [0.1, 0.15) is 26.2 Å². The first-order valence-electron chi connectivity index (χ1n) is 4.01. The number of hydrogen-bond donors (Lipinski definition) is 0. The quantitative estimate of drug-likeness (QED) is 0.474. The van der Waals surface area contributed by atoms with Crippen molar-refractivity contribution in [3.63, 3.8) is 0 Å². The van der Waals surface area contributed by atoms with E-state index in [-0.39, 0.29) is 0 Å². The minimum atomic E-state index is 0.878. The molecule has 0 aromatic carbocycles. The van der Waals surface area contributed by atoms with Gasteiger partial charge in [0.2, 0.25) is 0 Å². The number of nitrogens with zero attached hydrogens (tertiary/aromatic N) is 1. The summed E-state index contributed by atoms with van der Waals surface area (Å²) in [6.07, 6.45) is 4.44. The third-order valence-electron chi connectivity index (χ3n) is 3.35. The molecule has 52 valence electrons. The molecule has 0 radical (unpaired) electrons. The molecule has 0 N–H and O–H groups in total. The first-order valence-corrected chi connectivity index (χ1v) is 4.01. The van der Waals surface area contributed by atoms with Crippen LogP contribution in [0.3, 0.4) is 0 Å². The average molecular weight is 125 g/mol. The molecule has 0 spiro atoms. The summed E-state index contributed by atoms with van der Waals surface area (Å²) in [5, 5.41) is 0. The van der Waals surface area contributed by atoms with E-state index >= 15 is 0 Å². The molecule has 0 unspecified atom stereocenters. The molecule has 1 saturated carbocycles. The van der Waals surface area contributed by atoms with Gasteiger partial charge in [-0.3, -0.25) is 0 Å². The first kappa shape index (κ1) is 5.72. The van der Waals surface area contributed by atoms with Crippen LogP contribution in [0.4, 0.5) is 0 Å². The zero-order valence-corrected chi connectivity index (χ0v) is 6.30. The molecule has 1 aliphatic heterocycles. The molecule has 3 atom stereocenters. The van der Waals surface area contributed by atoms with E-state index in [2.05, 4.69) is 18.9 Å². The highest BCUT2D eigenvalue weighted by atomic mass is 15.2. The van der Waals surface area contributed by atoms with Gasteiger partial charge in [0.05, 0.1) is 0 Å². The predicted octanol–water partition coefficient (Wildman–Crippen LogP) is 1.49. The van der Waals surface area contributed by atoms with Gasteiger partial charge in [-0.1, -0.05) is 0 Å². The van der Waals surface area contributed by atoms with Gasteiger partial charge in [-0.05, 0) is 39.2 Å². The maximum Gasteiger partial charge on any atom is 0.00984 e. The lowest BCUT2D eigenvalue weighted by molar-refractivity contribution is 0.190. The second kappa shape index (κ2) is 1.72. The Morgan fingerprint density at radius 2 is 2.11 bits per heavy atom. The van der Waals surface area contributed by atoms with Gasteiger partial charge < -0.3 is 4.90 Å². The van der Waals surface area contributed by atoms with Crippen LogP contribution in [0.5, 0.6) is 0 Å². The van der Waals surface area contributed by atoms with Gasteiger partial charge >= 0.3 is 0 Å². The molecule has 2 fully saturated rings. The molecule has 0 amide bonds. The molecule has 1 saturated heterocycles. The molecule has 0 aromatic heterocycles. The van der Waals surface area contributed by atoms with E-state index in [1.807, 2.05) is 0 Å². The van der Waals surface area contributed by atoms with E-state index in [1.54, 1.807) is 0 Å². The summed E-state index contributed by atoms with van der Waals surface area (Å²) in [6.45, 7) is 2.36. The third kappa shape index (κ3) is 0.644.